The number of nitrogens with two attached hydrogens (primary N) is 1. The van der Waals surface area contributed by atoms with Gasteiger partial charge in [0.05, 0.1) is 5.41 Å². The van der Waals surface area contributed by atoms with Crippen molar-refractivity contribution in [1.82, 2.24) is 10.7 Å². The van der Waals surface area contributed by atoms with Crippen LogP contribution >= 0.6 is 11.8 Å². The van der Waals surface area contributed by atoms with Gasteiger partial charge in [0, 0.05) is 23.2 Å². The minimum atomic E-state index is -0.485. The summed E-state index contributed by atoms with van der Waals surface area (Å²) in [5.74, 6) is 7.16. The molecule has 0 aromatic rings. The van der Waals surface area contributed by atoms with Crippen molar-refractivity contribution in [3.63, 3.8) is 0 Å². The summed E-state index contributed by atoms with van der Waals surface area (Å²) in [5, 5.41) is 3.39. The zero-order chi connectivity index (χ0) is 21.9. The maximum absolute atomic E-state index is 11.9. The number of allylic oxidation sites excluding steroid dienone is 5. The van der Waals surface area contributed by atoms with Gasteiger partial charge >= 0.3 is 0 Å². The molecule has 4 nitrogen and oxygen atoms in total. The molecule has 1 amide bonds. The predicted octanol–water partition coefficient (Wildman–Crippen LogP) is 5.40. The molecule has 0 saturated heterocycles. The molecule has 0 radical (unpaired) electrons. The van der Waals surface area contributed by atoms with E-state index in [-0.39, 0.29) is 11.9 Å². The van der Waals surface area contributed by atoms with Crippen LogP contribution in [0.3, 0.4) is 0 Å². The molecule has 5 heteroatoms. The third-order valence-corrected chi connectivity index (χ3v) is 6.49. The van der Waals surface area contributed by atoms with Gasteiger partial charge in [0.25, 0.3) is 0 Å². The van der Waals surface area contributed by atoms with E-state index in [9.17, 15) is 4.79 Å². The van der Waals surface area contributed by atoms with E-state index in [1.54, 1.807) is 0 Å². The first-order valence-corrected chi connectivity index (χ1v) is 11.9. The standard InChI is InChI=1S/C24H41N3OS/c1-18(2)9-7-10-19(3)11-8-12-20(4)13-16-29-17-21(5)26-22(6)24(14-15-24)23(28)27-25/h9,11,13,21,26H,6-8,10,12,14-17,25H2,1-5H3,(H,27,28)/b19-11+,20-13+. The van der Waals surface area contributed by atoms with Crippen LogP contribution in [0.1, 0.15) is 73.1 Å². The lowest BCUT2D eigenvalue weighted by atomic mass is 10.0. The molecule has 1 saturated carbocycles. The summed E-state index contributed by atoms with van der Waals surface area (Å²) in [4.78, 5) is 11.9. The van der Waals surface area contributed by atoms with Crippen LogP contribution in [0.4, 0.5) is 0 Å². The molecule has 1 aliphatic rings. The fourth-order valence-electron chi connectivity index (χ4n) is 3.19. The van der Waals surface area contributed by atoms with Crippen LogP contribution in [0.2, 0.25) is 0 Å². The molecule has 0 aromatic carbocycles. The number of hydrazine groups is 1. The Kier molecular flexibility index (Phi) is 11.4. The quantitative estimate of drug-likeness (QED) is 0.116. The minimum Gasteiger partial charge on any atom is -0.385 e. The van der Waals surface area contributed by atoms with Gasteiger partial charge in [-0.25, -0.2) is 5.84 Å². The number of thioether (sulfide) groups is 1. The van der Waals surface area contributed by atoms with Crippen LogP contribution in [-0.2, 0) is 4.79 Å². The number of hydrogen-bond acceptors (Lipinski definition) is 4. The van der Waals surface area contributed by atoms with Gasteiger partial charge in [-0.2, -0.15) is 11.8 Å². The highest BCUT2D eigenvalue weighted by molar-refractivity contribution is 7.99. The first-order chi connectivity index (χ1) is 13.7. The Bertz CT molecular complexity index is 641. The summed E-state index contributed by atoms with van der Waals surface area (Å²) in [6, 6.07) is 0.274. The third kappa shape index (κ3) is 9.72. The summed E-state index contributed by atoms with van der Waals surface area (Å²) in [5.41, 5.74) is 6.92. The zero-order valence-corrected chi connectivity index (χ0v) is 19.9. The Morgan fingerprint density at radius 2 is 1.69 bits per heavy atom. The summed E-state index contributed by atoms with van der Waals surface area (Å²) >= 11 is 1.90. The topological polar surface area (TPSA) is 67.2 Å². The highest BCUT2D eigenvalue weighted by Crippen LogP contribution is 2.50. The molecule has 0 bridgehead atoms. The van der Waals surface area contributed by atoms with E-state index in [2.05, 4.69) is 70.2 Å². The molecule has 0 heterocycles. The van der Waals surface area contributed by atoms with Crippen LogP contribution < -0.4 is 16.6 Å². The van der Waals surface area contributed by atoms with Gasteiger partial charge in [-0.1, -0.05) is 41.5 Å². The molecular weight excluding hydrogens is 378 g/mol. The van der Waals surface area contributed by atoms with Gasteiger partial charge in [0.2, 0.25) is 5.91 Å². The lowest BCUT2D eigenvalue weighted by molar-refractivity contribution is -0.125. The molecular formula is C24H41N3OS. The van der Waals surface area contributed by atoms with Gasteiger partial charge in [-0.15, -0.1) is 0 Å². The van der Waals surface area contributed by atoms with E-state index in [4.69, 9.17) is 5.84 Å². The number of nitrogens with one attached hydrogen (secondary N) is 2. The maximum atomic E-state index is 11.9. The second-order valence-electron chi connectivity index (χ2n) is 8.58. The lowest BCUT2D eigenvalue weighted by Gasteiger charge is -2.22. The Morgan fingerprint density at radius 3 is 2.24 bits per heavy atom. The van der Waals surface area contributed by atoms with Gasteiger partial charge in [0.15, 0.2) is 0 Å². The smallest absolute Gasteiger partial charge is 0.246 e. The van der Waals surface area contributed by atoms with Crippen molar-refractivity contribution in [2.24, 2.45) is 11.3 Å². The van der Waals surface area contributed by atoms with Crippen molar-refractivity contribution in [3.8, 4) is 0 Å². The van der Waals surface area contributed by atoms with Gasteiger partial charge in [-0.3, -0.25) is 10.2 Å². The predicted molar refractivity (Wildman–Crippen MR) is 128 cm³/mol. The molecule has 0 aromatic heterocycles. The monoisotopic (exact) mass is 419 g/mol. The third-order valence-electron chi connectivity index (χ3n) is 5.35. The number of carbonyl (C=O) groups excluding carboxylic acids is 1. The van der Waals surface area contributed by atoms with E-state index >= 15 is 0 Å². The highest BCUT2D eigenvalue weighted by Gasteiger charge is 2.52. The van der Waals surface area contributed by atoms with Crippen molar-refractivity contribution >= 4 is 17.7 Å². The molecule has 164 valence electrons. The van der Waals surface area contributed by atoms with Gasteiger partial charge in [0.1, 0.15) is 0 Å². The summed E-state index contributed by atoms with van der Waals surface area (Å²) in [7, 11) is 0. The van der Waals surface area contributed by atoms with Gasteiger partial charge < -0.3 is 5.32 Å². The highest BCUT2D eigenvalue weighted by atomic mass is 32.2. The van der Waals surface area contributed by atoms with Crippen LogP contribution in [0.5, 0.6) is 0 Å². The number of rotatable bonds is 14. The fourth-order valence-corrected chi connectivity index (χ4v) is 4.17. The molecule has 29 heavy (non-hydrogen) atoms. The SMILES string of the molecule is C=C(NC(C)CSC/C=C(\C)CC/C=C(\C)CCC=C(C)C)C1(C(=O)NN)CC1. The van der Waals surface area contributed by atoms with Gasteiger partial charge in [-0.05, 0) is 73.1 Å². The summed E-state index contributed by atoms with van der Waals surface area (Å²) in [6.07, 6.45) is 13.2. The van der Waals surface area contributed by atoms with Crippen LogP contribution in [0.15, 0.2) is 47.2 Å². The minimum absolute atomic E-state index is 0.130. The molecule has 1 aliphatic carbocycles. The Labute approximate surface area is 182 Å². The average molecular weight is 420 g/mol. The number of carbonyl (C=O) groups is 1. The van der Waals surface area contributed by atoms with Crippen molar-refractivity contribution in [2.75, 3.05) is 11.5 Å². The van der Waals surface area contributed by atoms with Crippen molar-refractivity contribution in [2.45, 2.75) is 79.2 Å². The Hall–Kier alpha value is -1.46. The van der Waals surface area contributed by atoms with Crippen molar-refractivity contribution in [1.29, 1.82) is 0 Å². The Balaban J connectivity index is 2.22. The molecule has 1 atom stereocenters. The molecule has 1 fully saturated rings. The van der Waals surface area contributed by atoms with Crippen molar-refractivity contribution in [3.05, 3.63) is 47.2 Å². The van der Waals surface area contributed by atoms with E-state index in [1.807, 2.05) is 11.8 Å². The largest absolute Gasteiger partial charge is 0.385 e. The van der Waals surface area contributed by atoms with E-state index < -0.39 is 5.41 Å². The van der Waals surface area contributed by atoms with Crippen LogP contribution in [0, 0.1) is 5.41 Å². The van der Waals surface area contributed by atoms with E-state index in [0.29, 0.717) is 0 Å². The number of amides is 1. The normalized spacial score (nSPS) is 16.8. The van der Waals surface area contributed by atoms with E-state index in [1.165, 1.54) is 16.7 Å². The first kappa shape index (κ1) is 25.6. The summed E-state index contributed by atoms with van der Waals surface area (Å²) in [6.45, 7) is 15.0. The molecule has 0 spiro atoms. The van der Waals surface area contributed by atoms with Crippen molar-refractivity contribution < 1.29 is 4.79 Å². The molecule has 1 rings (SSSR count). The summed E-state index contributed by atoms with van der Waals surface area (Å²) < 4.78 is 0. The van der Waals surface area contributed by atoms with Crippen LogP contribution in [0.25, 0.3) is 0 Å². The maximum Gasteiger partial charge on any atom is 0.246 e. The second kappa shape index (κ2) is 13.0. The molecule has 0 aliphatic heterocycles. The zero-order valence-electron chi connectivity index (χ0n) is 19.1. The first-order valence-electron chi connectivity index (χ1n) is 10.7. The molecule has 1 unspecified atom stereocenters. The average Bonchev–Trinajstić information content (AvgIpc) is 3.46. The van der Waals surface area contributed by atoms with E-state index in [0.717, 1.165) is 55.7 Å². The lowest BCUT2D eigenvalue weighted by Crippen LogP contribution is -2.42. The fraction of sp³-hybridized carbons (Fsp3) is 0.625. The number of hydrogen-bond donors (Lipinski definition) is 3. The molecule has 4 N–H and O–H groups in total. The van der Waals surface area contributed by atoms with Crippen LogP contribution in [-0.4, -0.2) is 23.5 Å². The Morgan fingerprint density at radius 1 is 1.10 bits per heavy atom. The second-order valence-corrected chi connectivity index (χ2v) is 9.65.